The van der Waals surface area contributed by atoms with Crippen LogP contribution in [0.25, 0.3) is 10.9 Å². The van der Waals surface area contributed by atoms with Gasteiger partial charge in [0, 0.05) is 11.6 Å². The molecule has 0 aliphatic heterocycles. The van der Waals surface area contributed by atoms with E-state index in [9.17, 15) is 9.59 Å². The molecule has 0 saturated heterocycles. The predicted octanol–water partition coefficient (Wildman–Crippen LogP) is 1.46. The summed E-state index contributed by atoms with van der Waals surface area (Å²) in [6.07, 6.45) is 1.77. The molecular weight excluding hydrogens is 232 g/mol. The maximum atomic E-state index is 12.0. The molecule has 1 amide bonds. The van der Waals surface area contributed by atoms with Crippen molar-refractivity contribution in [3.05, 3.63) is 36.0 Å². The zero-order valence-corrected chi connectivity index (χ0v) is 10.2. The highest BCUT2D eigenvalue weighted by Gasteiger charge is 2.18. The quantitative estimate of drug-likeness (QED) is 0.805. The number of benzene rings is 1. The first-order chi connectivity index (χ1) is 8.63. The van der Waals surface area contributed by atoms with Crippen LogP contribution in [0.2, 0.25) is 0 Å². The highest BCUT2D eigenvalue weighted by atomic mass is 16.5. The number of para-hydroxylation sites is 1. The third kappa shape index (κ3) is 2.20. The van der Waals surface area contributed by atoms with Gasteiger partial charge in [0.25, 0.3) is 5.91 Å². The molecule has 1 atom stereocenters. The second-order valence-corrected chi connectivity index (χ2v) is 3.97. The molecule has 0 aliphatic carbocycles. The van der Waals surface area contributed by atoms with E-state index in [0.29, 0.717) is 5.56 Å². The first-order valence-corrected chi connectivity index (χ1v) is 5.58. The Balaban J connectivity index is 2.24. The fourth-order valence-electron chi connectivity index (χ4n) is 1.78. The summed E-state index contributed by atoms with van der Waals surface area (Å²) in [6, 6.07) is 6.63. The van der Waals surface area contributed by atoms with Crippen LogP contribution in [0.1, 0.15) is 17.3 Å². The maximum Gasteiger partial charge on any atom is 0.328 e. The number of carbonyl (C=O) groups excluding carboxylic acids is 2. The minimum Gasteiger partial charge on any atom is -0.467 e. The molecule has 0 aliphatic rings. The molecule has 94 valence electrons. The smallest absolute Gasteiger partial charge is 0.328 e. The third-order valence-electron chi connectivity index (χ3n) is 2.73. The molecule has 5 heteroatoms. The number of aromatic nitrogens is 1. The zero-order valence-electron chi connectivity index (χ0n) is 10.2. The lowest BCUT2D eigenvalue weighted by Crippen LogP contribution is -2.39. The van der Waals surface area contributed by atoms with E-state index in [1.807, 2.05) is 12.1 Å². The second kappa shape index (κ2) is 4.91. The number of hydrogen-bond donors (Lipinski definition) is 2. The van der Waals surface area contributed by atoms with Crippen molar-refractivity contribution in [3.8, 4) is 0 Å². The molecule has 2 rings (SSSR count). The van der Waals surface area contributed by atoms with E-state index in [1.54, 1.807) is 25.3 Å². The van der Waals surface area contributed by atoms with Gasteiger partial charge in [-0.05, 0) is 19.1 Å². The lowest BCUT2D eigenvalue weighted by molar-refractivity contribution is -0.142. The summed E-state index contributed by atoms with van der Waals surface area (Å²) in [6.45, 7) is 1.58. The first-order valence-electron chi connectivity index (χ1n) is 5.58. The van der Waals surface area contributed by atoms with Crippen LogP contribution in [0.15, 0.2) is 30.5 Å². The number of aromatic amines is 1. The Hall–Kier alpha value is -2.30. The van der Waals surface area contributed by atoms with Crippen molar-refractivity contribution in [2.24, 2.45) is 0 Å². The standard InChI is InChI=1S/C13H14N2O3/c1-8(13(17)18-2)15-12(16)10-5-3-4-9-6-7-14-11(9)10/h3-8,14H,1-2H3,(H,15,16)/t8-/m0/s1. The monoisotopic (exact) mass is 246 g/mol. The summed E-state index contributed by atoms with van der Waals surface area (Å²) < 4.78 is 4.56. The van der Waals surface area contributed by atoms with E-state index in [0.717, 1.165) is 10.9 Å². The minimum absolute atomic E-state index is 0.305. The van der Waals surface area contributed by atoms with Crippen molar-refractivity contribution < 1.29 is 14.3 Å². The van der Waals surface area contributed by atoms with Crippen molar-refractivity contribution in [1.82, 2.24) is 10.3 Å². The van der Waals surface area contributed by atoms with Gasteiger partial charge in [0.2, 0.25) is 0 Å². The molecule has 0 fully saturated rings. The summed E-state index contributed by atoms with van der Waals surface area (Å²) >= 11 is 0. The van der Waals surface area contributed by atoms with Gasteiger partial charge in [0.15, 0.2) is 0 Å². The maximum absolute atomic E-state index is 12.0. The lowest BCUT2D eigenvalue weighted by Gasteiger charge is -2.11. The van der Waals surface area contributed by atoms with Crippen molar-refractivity contribution in [2.75, 3.05) is 7.11 Å². The zero-order chi connectivity index (χ0) is 13.1. The van der Waals surface area contributed by atoms with E-state index >= 15 is 0 Å². The number of ether oxygens (including phenoxy) is 1. The van der Waals surface area contributed by atoms with Gasteiger partial charge in [0.1, 0.15) is 6.04 Å². The molecule has 0 bridgehead atoms. The Bertz CT molecular complexity index is 589. The van der Waals surface area contributed by atoms with Gasteiger partial charge in [-0.3, -0.25) is 4.79 Å². The largest absolute Gasteiger partial charge is 0.467 e. The topological polar surface area (TPSA) is 71.2 Å². The van der Waals surface area contributed by atoms with Gasteiger partial charge in [-0.1, -0.05) is 12.1 Å². The van der Waals surface area contributed by atoms with Crippen molar-refractivity contribution in [2.45, 2.75) is 13.0 Å². The number of amides is 1. The van der Waals surface area contributed by atoms with Crippen LogP contribution >= 0.6 is 0 Å². The van der Waals surface area contributed by atoms with Crippen LogP contribution in [0.3, 0.4) is 0 Å². The van der Waals surface area contributed by atoms with Crippen LogP contribution in [-0.4, -0.2) is 30.0 Å². The first kappa shape index (κ1) is 12.2. The number of H-pyrrole nitrogens is 1. The Morgan fingerprint density at radius 3 is 2.83 bits per heavy atom. The van der Waals surface area contributed by atoms with Gasteiger partial charge in [0.05, 0.1) is 18.2 Å². The number of nitrogens with one attached hydrogen (secondary N) is 2. The Morgan fingerprint density at radius 2 is 2.11 bits per heavy atom. The number of carbonyl (C=O) groups is 2. The number of hydrogen-bond acceptors (Lipinski definition) is 3. The number of fused-ring (bicyclic) bond motifs is 1. The molecule has 0 saturated carbocycles. The average Bonchev–Trinajstić information content (AvgIpc) is 2.85. The molecule has 1 heterocycles. The number of esters is 1. The van der Waals surface area contributed by atoms with Crippen LogP contribution in [-0.2, 0) is 9.53 Å². The van der Waals surface area contributed by atoms with E-state index in [4.69, 9.17) is 0 Å². The predicted molar refractivity (Wildman–Crippen MR) is 67.2 cm³/mol. The van der Waals surface area contributed by atoms with Crippen molar-refractivity contribution in [3.63, 3.8) is 0 Å². The SMILES string of the molecule is COC(=O)[C@H](C)NC(=O)c1cccc2cc[nH]c12. The molecule has 2 N–H and O–H groups in total. The summed E-state index contributed by atoms with van der Waals surface area (Å²) in [5, 5.41) is 3.55. The molecule has 18 heavy (non-hydrogen) atoms. The van der Waals surface area contributed by atoms with Gasteiger partial charge >= 0.3 is 5.97 Å². The molecule has 1 aromatic carbocycles. The Morgan fingerprint density at radius 1 is 1.33 bits per heavy atom. The summed E-state index contributed by atoms with van der Waals surface area (Å²) in [4.78, 5) is 26.3. The van der Waals surface area contributed by atoms with Crippen LogP contribution in [0, 0.1) is 0 Å². The normalized spacial score (nSPS) is 12.1. The molecule has 1 aromatic heterocycles. The summed E-state index contributed by atoms with van der Waals surface area (Å²) in [5.41, 5.74) is 1.26. The van der Waals surface area contributed by atoms with Crippen LogP contribution in [0.4, 0.5) is 0 Å². The molecular formula is C13H14N2O3. The number of rotatable bonds is 3. The van der Waals surface area contributed by atoms with Gasteiger partial charge in [-0.25, -0.2) is 4.79 Å². The van der Waals surface area contributed by atoms with Crippen molar-refractivity contribution >= 4 is 22.8 Å². The van der Waals surface area contributed by atoms with Crippen LogP contribution in [0.5, 0.6) is 0 Å². The molecule has 0 spiro atoms. The Kier molecular flexibility index (Phi) is 3.32. The lowest BCUT2D eigenvalue weighted by atomic mass is 10.1. The van der Waals surface area contributed by atoms with E-state index in [2.05, 4.69) is 15.0 Å². The van der Waals surface area contributed by atoms with Gasteiger partial charge in [-0.2, -0.15) is 0 Å². The van der Waals surface area contributed by atoms with E-state index < -0.39 is 12.0 Å². The minimum atomic E-state index is -0.673. The van der Waals surface area contributed by atoms with Gasteiger partial charge < -0.3 is 15.0 Å². The van der Waals surface area contributed by atoms with Crippen molar-refractivity contribution in [1.29, 1.82) is 0 Å². The summed E-state index contributed by atoms with van der Waals surface area (Å²) in [7, 11) is 1.29. The highest BCUT2D eigenvalue weighted by Crippen LogP contribution is 2.16. The number of methoxy groups -OCH3 is 1. The Labute approximate surface area is 104 Å². The fourth-order valence-corrected chi connectivity index (χ4v) is 1.78. The second-order valence-electron chi connectivity index (χ2n) is 3.97. The molecule has 0 unspecified atom stereocenters. The average molecular weight is 246 g/mol. The molecule has 2 aromatic rings. The molecule has 0 radical (unpaired) electrons. The van der Waals surface area contributed by atoms with Crippen LogP contribution < -0.4 is 5.32 Å². The van der Waals surface area contributed by atoms with Gasteiger partial charge in [-0.15, -0.1) is 0 Å². The highest BCUT2D eigenvalue weighted by molar-refractivity contribution is 6.06. The molecule has 5 nitrogen and oxygen atoms in total. The van der Waals surface area contributed by atoms with E-state index in [-0.39, 0.29) is 5.91 Å². The summed E-state index contributed by atoms with van der Waals surface area (Å²) in [5.74, 6) is -0.775. The van der Waals surface area contributed by atoms with E-state index in [1.165, 1.54) is 7.11 Å². The fraction of sp³-hybridized carbons (Fsp3) is 0.231. The third-order valence-corrected chi connectivity index (χ3v) is 2.73.